The van der Waals surface area contributed by atoms with E-state index >= 15 is 0 Å². The maximum Gasteiger partial charge on any atom is 0.336 e. The number of hydrogen-bond donors (Lipinski definition) is 1. The highest BCUT2D eigenvalue weighted by molar-refractivity contribution is 5.89. The normalized spacial score (nSPS) is 28.1. The molecule has 0 radical (unpaired) electrons. The van der Waals surface area contributed by atoms with Crippen molar-refractivity contribution in [3.63, 3.8) is 0 Å². The average molecular weight is 452 g/mol. The van der Waals surface area contributed by atoms with E-state index in [4.69, 9.17) is 14.2 Å². The summed E-state index contributed by atoms with van der Waals surface area (Å²) < 4.78 is 19.2. The molecule has 6 heteroatoms. The number of carboxylic acids is 1. The zero-order valence-electron chi connectivity index (χ0n) is 19.6. The van der Waals surface area contributed by atoms with Gasteiger partial charge >= 0.3 is 5.97 Å². The van der Waals surface area contributed by atoms with Gasteiger partial charge in [0.25, 0.3) is 0 Å². The number of ether oxygens (including phenoxy) is 3. The molecular weight excluding hydrogens is 418 g/mol. The summed E-state index contributed by atoms with van der Waals surface area (Å²) in [6.07, 6.45) is 2.18. The lowest BCUT2D eigenvalue weighted by Gasteiger charge is -2.53. The minimum Gasteiger partial charge on any atom is -0.490 e. The van der Waals surface area contributed by atoms with E-state index in [-0.39, 0.29) is 23.7 Å². The first-order valence-electron chi connectivity index (χ1n) is 12.0. The van der Waals surface area contributed by atoms with Crippen molar-refractivity contribution in [3.05, 3.63) is 59.2 Å². The van der Waals surface area contributed by atoms with Crippen molar-refractivity contribution in [1.29, 1.82) is 0 Å². The number of hydrogen-bond acceptors (Lipinski definition) is 5. The first kappa shape index (κ1) is 22.2. The summed E-state index contributed by atoms with van der Waals surface area (Å²) in [5, 5.41) is 9.54. The smallest absolute Gasteiger partial charge is 0.336 e. The van der Waals surface area contributed by atoms with Gasteiger partial charge in [-0.2, -0.15) is 0 Å². The minimum absolute atomic E-state index is 0.00434. The molecule has 0 unspecified atom stereocenters. The molecule has 5 rings (SSSR count). The first-order chi connectivity index (χ1) is 15.9. The van der Waals surface area contributed by atoms with Gasteiger partial charge in [0.15, 0.2) is 11.5 Å². The Morgan fingerprint density at radius 2 is 2.03 bits per heavy atom. The predicted octanol–water partition coefficient (Wildman–Crippen LogP) is 4.92. The third-order valence-electron chi connectivity index (χ3n) is 7.51. The second kappa shape index (κ2) is 8.65. The van der Waals surface area contributed by atoms with E-state index in [0.717, 1.165) is 48.6 Å². The molecule has 0 bridgehead atoms. The molecule has 2 aromatic carbocycles. The van der Waals surface area contributed by atoms with Crippen LogP contribution in [0.15, 0.2) is 42.5 Å². The molecule has 3 heterocycles. The first-order valence-corrected chi connectivity index (χ1v) is 12.0. The van der Waals surface area contributed by atoms with Crippen molar-refractivity contribution < 1.29 is 24.1 Å². The van der Waals surface area contributed by atoms with E-state index in [1.54, 1.807) is 12.1 Å². The lowest BCUT2D eigenvalue weighted by Crippen LogP contribution is -2.55. The molecule has 33 heavy (non-hydrogen) atoms. The van der Waals surface area contributed by atoms with Crippen LogP contribution in [0.4, 0.5) is 0 Å². The molecule has 2 fully saturated rings. The zero-order chi connectivity index (χ0) is 23.2. The molecular formula is C27H33NO5. The molecule has 4 atom stereocenters. The molecule has 2 saturated heterocycles. The summed E-state index contributed by atoms with van der Waals surface area (Å²) in [4.78, 5) is 14.0. The van der Waals surface area contributed by atoms with Gasteiger partial charge < -0.3 is 19.3 Å². The standard InChI is InChI=1S/C27H33NO5/c1-4-31-23-11-7-10-20-24-21(27(2,3)33-25(20)23)14-18-16-28(13-12-22(18)32-24)15-17-8-5-6-9-19(17)26(29)30/h5-11,18,21-22,24H,4,12-16H2,1-3H3,(H,29,30)/t18-,21-,22-,24+/m1/s1. The summed E-state index contributed by atoms with van der Waals surface area (Å²) in [6.45, 7) is 9.36. The van der Waals surface area contributed by atoms with Gasteiger partial charge in [0.1, 0.15) is 5.60 Å². The number of likely N-dealkylation sites (tertiary alicyclic amines) is 1. The second-order valence-electron chi connectivity index (χ2n) is 10.00. The zero-order valence-corrected chi connectivity index (χ0v) is 19.6. The van der Waals surface area contributed by atoms with Gasteiger partial charge in [-0.1, -0.05) is 30.3 Å². The van der Waals surface area contributed by atoms with Crippen LogP contribution in [0.5, 0.6) is 11.5 Å². The number of carboxylic acid groups (broad SMARTS) is 1. The fourth-order valence-electron chi connectivity index (χ4n) is 5.89. The van der Waals surface area contributed by atoms with Crippen molar-refractivity contribution in [2.24, 2.45) is 11.8 Å². The number of rotatable bonds is 5. The molecule has 0 spiro atoms. The third kappa shape index (κ3) is 4.11. The minimum atomic E-state index is -0.865. The third-order valence-corrected chi connectivity index (χ3v) is 7.51. The van der Waals surface area contributed by atoms with Crippen molar-refractivity contribution in [1.82, 2.24) is 4.90 Å². The number of nitrogens with zero attached hydrogens (tertiary/aromatic N) is 1. The van der Waals surface area contributed by atoms with Gasteiger partial charge in [0.2, 0.25) is 0 Å². The van der Waals surface area contributed by atoms with Crippen molar-refractivity contribution in [2.45, 2.75) is 58.0 Å². The Morgan fingerprint density at radius 3 is 2.82 bits per heavy atom. The number of piperidine rings is 1. The van der Waals surface area contributed by atoms with E-state index in [2.05, 4.69) is 24.8 Å². The molecule has 176 valence electrons. The highest BCUT2D eigenvalue weighted by Gasteiger charge is 2.51. The fourth-order valence-corrected chi connectivity index (χ4v) is 5.89. The van der Waals surface area contributed by atoms with Crippen LogP contribution in [-0.2, 0) is 11.3 Å². The number of aromatic carboxylic acids is 1. The summed E-state index contributed by atoms with van der Waals surface area (Å²) in [7, 11) is 0. The molecule has 0 saturated carbocycles. The van der Waals surface area contributed by atoms with Gasteiger partial charge in [-0.15, -0.1) is 0 Å². The summed E-state index contributed by atoms with van der Waals surface area (Å²) in [6, 6.07) is 13.4. The van der Waals surface area contributed by atoms with Crippen LogP contribution in [0.25, 0.3) is 0 Å². The van der Waals surface area contributed by atoms with Crippen LogP contribution in [0.1, 0.15) is 61.2 Å². The SMILES string of the molecule is CCOc1cccc2c1OC(C)(C)[C@@H]1C[C@@H]3CN(Cc4ccccc4C(=O)O)CC[C@H]3O[C@@H]21. The topological polar surface area (TPSA) is 68.2 Å². The van der Waals surface area contributed by atoms with Crippen molar-refractivity contribution >= 4 is 5.97 Å². The van der Waals surface area contributed by atoms with Crippen LogP contribution < -0.4 is 9.47 Å². The molecule has 6 nitrogen and oxygen atoms in total. The van der Waals surface area contributed by atoms with Gasteiger partial charge in [-0.3, -0.25) is 4.90 Å². The lowest BCUT2D eigenvalue weighted by atomic mass is 9.70. The molecule has 0 aliphatic carbocycles. The molecule has 3 aliphatic heterocycles. The number of benzene rings is 2. The summed E-state index contributed by atoms with van der Waals surface area (Å²) in [5.74, 6) is 1.40. The lowest BCUT2D eigenvalue weighted by molar-refractivity contribution is -0.188. The van der Waals surface area contributed by atoms with Gasteiger partial charge in [-0.05, 0) is 57.2 Å². The largest absolute Gasteiger partial charge is 0.490 e. The highest BCUT2D eigenvalue weighted by atomic mass is 16.5. The summed E-state index contributed by atoms with van der Waals surface area (Å²) >= 11 is 0. The molecule has 3 aliphatic rings. The van der Waals surface area contributed by atoms with Crippen molar-refractivity contribution in [3.8, 4) is 11.5 Å². The average Bonchev–Trinajstić information content (AvgIpc) is 2.79. The van der Waals surface area contributed by atoms with Gasteiger partial charge in [-0.25, -0.2) is 4.79 Å². The second-order valence-corrected chi connectivity index (χ2v) is 10.00. The molecule has 1 N–H and O–H groups in total. The number of para-hydroxylation sites is 1. The van der Waals surface area contributed by atoms with E-state index in [1.165, 1.54) is 0 Å². The Kier molecular flexibility index (Phi) is 5.83. The van der Waals surface area contributed by atoms with Crippen LogP contribution in [0.3, 0.4) is 0 Å². The molecule has 0 amide bonds. The van der Waals surface area contributed by atoms with E-state index in [0.29, 0.717) is 24.6 Å². The Labute approximate surface area is 195 Å². The van der Waals surface area contributed by atoms with Crippen LogP contribution in [0.2, 0.25) is 0 Å². The van der Waals surface area contributed by atoms with Crippen LogP contribution in [-0.4, -0.2) is 47.4 Å². The fraction of sp³-hybridized carbons (Fsp3) is 0.519. The Bertz CT molecular complexity index is 1030. The van der Waals surface area contributed by atoms with Crippen LogP contribution >= 0.6 is 0 Å². The monoisotopic (exact) mass is 451 g/mol. The highest BCUT2D eigenvalue weighted by Crippen LogP contribution is 2.55. The van der Waals surface area contributed by atoms with E-state index < -0.39 is 5.97 Å². The maximum absolute atomic E-state index is 11.6. The number of fused-ring (bicyclic) bond motifs is 4. The Balaban J connectivity index is 1.36. The van der Waals surface area contributed by atoms with E-state index in [1.807, 2.05) is 31.2 Å². The Morgan fingerprint density at radius 1 is 1.21 bits per heavy atom. The Hall–Kier alpha value is -2.57. The molecule has 2 aromatic rings. The van der Waals surface area contributed by atoms with E-state index in [9.17, 15) is 9.90 Å². The van der Waals surface area contributed by atoms with Gasteiger partial charge in [0, 0.05) is 31.1 Å². The number of carbonyl (C=O) groups is 1. The van der Waals surface area contributed by atoms with Crippen molar-refractivity contribution in [2.75, 3.05) is 19.7 Å². The quantitative estimate of drug-likeness (QED) is 0.696. The maximum atomic E-state index is 11.6. The summed E-state index contributed by atoms with van der Waals surface area (Å²) in [5.41, 5.74) is 2.00. The predicted molar refractivity (Wildman–Crippen MR) is 125 cm³/mol. The van der Waals surface area contributed by atoms with Gasteiger partial charge in [0.05, 0.1) is 24.4 Å². The molecule has 0 aromatic heterocycles. The van der Waals surface area contributed by atoms with Crippen LogP contribution in [0, 0.1) is 11.8 Å².